The lowest BCUT2D eigenvalue weighted by molar-refractivity contribution is -0.139. The number of nitrogens with zero attached hydrogens (tertiary/aromatic N) is 2. The lowest BCUT2D eigenvalue weighted by Crippen LogP contribution is -2.32. The van der Waals surface area contributed by atoms with Crippen molar-refractivity contribution in [3.8, 4) is 0 Å². The van der Waals surface area contributed by atoms with Crippen LogP contribution in [0.1, 0.15) is 39.2 Å². The topological polar surface area (TPSA) is 309 Å². The van der Waals surface area contributed by atoms with Gasteiger partial charge in [-0.25, -0.2) is 4.98 Å². The average molecular weight is 478 g/mol. The fourth-order valence-electron chi connectivity index (χ4n) is 2.00. The van der Waals surface area contributed by atoms with Gasteiger partial charge in [0.05, 0.1) is 6.33 Å². The second-order valence-corrected chi connectivity index (χ2v) is 6.85. The highest BCUT2D eigenvalue weighted by Gasteiger charge is 2.12. The second-order valence-electron chi connectivity index (χ2n) is 6.85. The number of nitrogens with one attached hydrogen (secondary N) is 1. The Hall–Kier alpha value is -3.27. The van der Waals surface area contributed by atoms with E-state index in [2.05, 4.69) is 15.0 Å². The lowest BCUT2D eigenvalue weighted by atomic mass is 10.1. The highest BCUT2D eigenvalue weighted by atomic mass is 16.4. The predicted octanol–water partition coefficient (Wildman–Crippen LogP) is -2.41. The number of guanidine groups is 1. The Bertz CT molecular complexity index is 702. The number of carbonyl (C=O) groups is 3. The molecule has 0 spiro atoms. The molecule has 16 N–H and O–H groups in total. The first-order valence-electron chi connectivity index (χ1n) is 10.1. The minimum absolute atomic E-state index is 0. The van der Waals surface area contributed by atoms with E-state index >= 15 is 0 Å². The summed E-state index contributed by atoms with van der Waals surface area (Å²) in [6, 6.07) is -2.39. The Kier molecular flexibility index (Phi) is 18.8. The van der Waals surface area contributed by atoms with Crippen LogP contribution in [0.4, 0.5) is 0 Å². The summed E-state index contributed by atoms with van der Waals surface area (Å²) < 4.78 is 0. The molecular weight excluding hydrogens is 438 g/mol. The smallest absolute Gasteiger partial charge is 0.320 e. The predicted molar refractivity (Wildman–Crippen MR) is 124 cm³/mol. The molecule has 0 aromatic carbocycles. The minimum Gasteiger partial charge on any atom is -0.480 e. The summed E-state index contributed by atoms with van der Waals surface area (Å²) in [6.45, 7) is 1.02. The zero-order chi connectivity index (χ0) is 25.8. The number of rotatable bonds is 13. The summed E-state index contributed by atoms with van der Waals surface area (Å²) in [4.78, 5) is 40.8. The van der Waals surface area contributed by atoms with Crippen molar-refractivity contribution in [2.45, 2.75) is 56.7 Å². The molecule has 0 amide bonds. The number of aliphatic carboxylic acids is 3. The minimum atomic E-state index is -1.00. The Labute approximate surface area is 193 Å². The number of hydrogen-bond acceptors (Lipinski definition) is 9. The van der Waals surface area contributed by atoms with Gasteiger partial charge in [0.2, 0.25) is 0 Å². The van der Waals surface area contributed by atoms with Gasteiger partial charge in [-0.15, -0.1) is 0 Å². The van der Waals surface area contributed by atoms with Crippen LogP contribution >= 0.6 is 0 Å². The standard InChI is InChI=1S/C6H14N4O2.C6H9N3O2.C6H14N2O2.H2/c7-4(5(11)12)2-1-3-10-6(8)9;7-5(6(10)11)1-4-2-8-3-9-4;7-4-2-1-3-5(8)6(9)10;/h4H,1-3,7H2,(H,11,12)(H4,8,9,10);2-3,5H,1,7H2,(H,8,9)(H,10,11);5H,1-4,7-8H2,(H,9,10);1H/t4-;2*5-;/m000./s1. The summed E-state index contributed by atoms with van der Waals surface area (Å²) in [5, 5.41) is 25.1. The van der Waals surface area contributed by atoms with Gasteiger partial charge in [0, 0.05) is 26.3 Å². The van der Waals surface area contributed by atoms with Crippen molar-refractivity contribution in [1.29, 1.82) is 0 Å². The van der Waals surface area contributed by atoms with Crippen LogP contribution in [0.15, 0.2) is 17.5 Å². The van der Waals surface area contributed by atoms with Crippen LogP contribution in [0.25, 0.3) is 0 Å². The molecule has 1 aromatic heterocycles. The zero-order valence-corrected chi connectivity index (χ0v) is 18.5. The maximum Gasteiger partial charge on any atom is 0.320 e. The van der Waals surface area contributed by atoms with E-state index in [9.17, 15) is 14.4 Å². The number of aromatic amines is 1. The van der Waals surface area contributed by atoms with Crippen molar-refractivity contribution in [2.24, 2.45) is 39.4 Å². The average Bonchev–Trinajstić information content (AvgIpc) is 3.24. The quantitative estimate of drug-likeness (QED) is 0.0804. The number of unbranched alkanes of at least 4 members (excludes halogenated alkanes) is 1. The molecule has 15 heteroatoms. The highest BCUT2D eigenvalue weighted by Crippen LogP contribution is 1.97. The molecule has 0 aliphatic rings. The van der Waals surface area contributed by atoms with Crippen molar-refractivity contribution in [2.75, 3.05) is 13.1 Å². The van der Waals surface area contributed by atoms with Crippen molar-refractivity contribution in [3.05, 3.63) is 18.2 Å². The van der Waals surface area contributed by atoms with Gasteiger partial charge in [-0.2, -0.15) is 0 Å². The van der Waals surface area contributed by atoms with E-state index in [0.717, 1.165) is 18.5 Å². The maximum atomic E-state index is 10.3. The van der Waals surface area contributed by atoms with Gasteiger partial charge in [-0.1, -0.05) is 6.42 Å². The summed E-state index contributed by atoms with van der Waals surface area (Å²) in [5.74, 6) is -2.92. The first-order valence-corrected chi connectivity index (χ1v) is 10.1. The second kappa shape index (κ2) is 19.4. The van der Waals surface area contributed by atoms with Gasteiger partial charge in [0.25, 0.3) is 0 Å². The van der Waals surface area contributed by atoms with Crippen LogP contribution in [-0.2, 0) is 20.8 Å². The normalized spacial score (nSPS) is 12.6. The number of aliphatic imine (C=N–C) groups is 1. The van der Waals surface area contributed by atoms with E-state index < -0.39 is 36.0 Å². The molecule has 0 aliphatic carbocycles. The van der Waals surface area contributed by atoms with Gasteiger partial charge < -0.3 is 54.7 Å². The highest BCUT2D eigenvalue weighted by molar-refractivity contribution is 5.75. The van der Waals surface area contributed by atoms with Gasteiger partial charge in [0.1, 0.15) is 18.1 Å². The Morgan fingerprint density at radius 2 is 1.45 bits per heavy atom. The number of carboxylic acid groups (broad SMARTS) is 3. The lowest BCUT2D eigenvalue weighted by Gasteiger charge is -2.03. The molecule has 1 aromatic rings. The van der Waals surface area contributed by atoms with Gasteiger partial charge in [0.15, 0.2) is 5.96 Å². The number of imidazole rings is 1. The van der Waals surface area contributed by atoms with E-state index in [1.165, 1.54) is 6.33 Å². The molecular formula is C18H39N9O6. The van der Waals surface area contributed by atoms with Crippen LogP contribution in [0.5, 0.6) is 0 Å². The molecule has 15 nitrogen and oxygen atoms in total. The van der Waals surface area contributed by atoms with Crippen molar-refractivity contribution < 1.29 is 31.1 Å². The molecule has 0 saturated heterocycles. The van der Waals surface area contributed by atoms with E-state index in [-0.39, 0.29) is 13.8 Å². The number of carboxylic acids is 3. The van der Waals surface area contributed by atoms with Crippen LogP contribution < -0.4 is 34.4 Å². The summed E-state index contributed by atoms with van der Waals surface area (Å²) in [7, 11) is 0. The third-order valence-corrected chi connectivity index (χ3v) is 3.88. The molecule has 1 heterocycles. The molecule has 3 atom stereocenters. The molecule has 192 valence electrons. The summed E-state index contributed by atoms with van der Waals surface area (Å²) in [6.07, 6.45) is 6.46. The van der Waals surface area contributed by atoms with Gasteiger partial charge in [-0.05, 0) is 32.2 Å². The van der Waals surface area contributed by atoms with Gasteiger partial charge in [-0.3, -0.25) is 19.4 Å². The van der Waals surface area contributed by atoms with Crippen molar-refractivity contribution in [3.63, 3.8) is 0 Å². The fraction of sp³-hybridized carbons (Fsp3) is 0.611. The first kappa shape index (κ1) is 31.9. The third-order valence-electron chi connectivity index (χ3n) is 3.88. The maximum absolute atomic E-state index is 10.3. The number of nitrogens with two attached hydrogens (primary N) is 6. The van der Waals surface area contributed by atoms with Crippen molar-refractivity contribution >= 4 is 23.9 Å². The van der Waals surface area contributed by atoms with E-state index in [4.69, 9.17) is 49.7 Å². The first-order chi connectivity index (χ1) is 15.4. The molecule has 0 saturated carbocycles. The number of hydrogen-bond donors (Lipinski definition) is 10. The van der Waals surface area contributed by atoms with Crippen molar-refractivity contribution in [1.82, 2.24) is 9.97 Å². The van der Waals surface area contributed by atoms with E-state index in [0.29, 0.717) is 32.4 Å². The number of aromatic nitrogens is 2. The molecule has 33 heavy (non-hydrogen) atoms. The molecule has 0 fully saturated rings. The summed E-state index contributed by atoms with van der Waals surface area (Å²) in [5.41, 5.74) is 31.7. The Balaban J connectivity index is -0.000000420. The molecule has 0 aliphatic heterocycles. The number of H-pyrrole nitrogens is 1. The Morgan fingerprint density at radius 3 is 1.85 bits per heavy atom. The molecule has 0 bridgehead atoms. The fourth-order valence-corrected chi connectivity index (χ4v) is 2.00. The monoisotopic (exact) mass is 477 g/mol. The zero-order valence-electron chi connectivity index (χ0n) is 18.5. The SMILES string of the molecule is NC(N)=NCCC[C@H](N)C(=O)O.NCCCC[C@H](N)C(=O)O.N[C@@H](Cc1cnc[nH]1)C(=O)O.[HH]. The van der Waals surface area contributed by atoms with Crippen LogP contribution in [0, 0.1) is 0 Å². The summed E-state index contributed by atoms with van der Waals surface area (Å²) >= 11 is 0. The Morgan fingerprint density at radius 1 is 0.939 bits per heavy atom. The molecule has 0 unspecified atom stereocenters. The molecule has 1 rings (SSSR count). The van der Waals surface area contributed by atoms with Crippen LogP contribution in [0.3, 0.4) is 0 Å². The van der Waals surface area contributed by atoms with Gasteiger partial charge >= 0.3 is 17.9 Å². The third kappa shape index (κ3) is 20.4. The van der Waals surface area contributed by atoms with Crippen LogP contribution in [-0.4, -0.2) is 80.4 Å². The van der Waals surface area contributed by atoms with E-state index in [1.807, 2.05) is 0 Å². The molecule has 0 radical (unpaired) electrons. The largest absolute Gasteiger partial charge is 0.480 e. The van der Waals surface area contributed by atoms with E-state index in [1.54, 1.807) is 6.20 Å². The van der Waals surface area contributed by atoms with Crippen LogP contribution in [0.2, 0.25) is 0 Å².